The van der Waals surface area contributed by atoms with Gasteiger partial charge in [-0.1, -0.05) is 65.1 Å². The molecule has 26 heavy (non-hydrogen) atoms. The van der Waals surface area contributed by atoms with Gasteiger partial charge in [0.25, 0.3) is 0 Å². The second kappa shape index (κ2) is 6.49. The lowest BCUT2D eigenvalue weighted by atomic mass is 9.90. The smallest absolute Gasteiger partial charge is 0.130 e. The fourth-order valence-electron chi connectivity index (χ4n) is 4.08. The van der Waals surface area contributed by atoms with Crippen LogP contribution in [0.2, 0.25) is 15.1 Å². The van der Waals surface area contributed by atoms with E-state index in [0.717, 1.165) is 0 Å². The van der Waals surface area contributed by atoms with Crippen LogP contribution in [-0.2, 0) is 5.54 Å². The van der Waals surface area contributed by atoms with Gasteiger partial charge >= 0.3 is 0 Å². The van der Waals surface area contributed by atoms with E-state index in [-0.39, 0.29) is 11.1 Å². The summed E-state index contributed by atoms with van der Waals surface area (Å²) in [5.74, 6) is 0. The van der Waals surface area contributed by atoms with Crippen LogP contribution in [0.5, 0.6) is 0 Å². The van der Waals surface area contributed by atoms with Gasteiger partial charge in [0, 0.05) is 10.6 Å². The van der Waals surface area contributed by atoms with E-state index in [1.54, 1.807) is 12.1 Å². The standard InChI is InChI=1S/C20H22Cl3N3/c1-18(2)20(5,13-9-7-6-8-10-13)26(18)19(3,4)25-24-17-15(22)11-14(21)12-16(17)23/h6-12H,1-5H3. The van der Waals surface area contributed by atoms with Crippen LogP contribution in [0.4, 0.5) is 5.69 Å². The first kappa shape index (κ1) is 19.6. The van der Waals surface area contributed by atoms with Gasteiger partial charge in [0.05, 0.1) is 15.6 Å². The first-order chi connectivity index (χ1) is 12.0. The van der Waals surface area contributed by atoms with E-state index in [2.05, 4.69) is 60.2 Å². The lowest BCUT2D eigenvalue weighted by Gasteiger charge is -2.25. The summed E-state index contributed by atoms with van der Waals surface area (Å²) in [6.07, 6.45) is 0. The molecule has 0 aromatic heterocycles. The van der Waals surface area contributed by atoms with Crippen molar-refractivity contribution in [2.24, 2.45) is 10.2 Å². The number of azo groups is 1. The Morgan fingerprint density at radius 1 is 0.923 bits per heavy atom. The normalized spacial score (nSPS) is 24.8. The van der Waals surface area contributed by atoms with Crippen molar-refractivity contribution in [2.45, 2.75) is 51.4 Å². The third kappa shape index (κ3) is 3.05. The summed E-state index contributed by atoms with van der Waals surface area (Å²) >= 11 is 18.4. The number of nitrogens with zero attached hydrogens (tertiary/aromatic N) is 3. The van der Waals surface area contributed by atoms with Crippen LogP contribution in [0.25, 0.3) is 0 Å². The van der Waals surface area contributed by atoms with Crippen molar-refractivity contribution in [3.8, 4) is 0 Å². The van der Waals surface area contributed by atoms with Gasteiger partial charge in [0.1, 0.15) is 11.4 Å². The molecule has 2 unspecified atom stereocenters. The highest BCUT2D eigenvalue weighted by Gasteiger charge is 2.71. The monoisotopic (exact) mass is 409 g/mol. The quantitative estimate of drug-likeness (QED) is 0.379. The maximum absolute atomic E-state index is 6.23. The Balaban J connectivity index is 1.94. The largest absolute Gasteiger partial charge is 0.259 e. The molecule has 0 bridgehead atoms. The minimum atomic E-state index is -0.541. The molecular weight excluding hydrogens is 389 g/mol. The van der Waals surface area contributed by atoms with Gasteiger partial charge in [0.15, 0.2) is 0 Å². The summed E-state index contributed by atoms with van der Waals surface area (Å²) in [6.45, 7) is 10.8. The van der Waals surface area contributed by atoms with Gasteiger partial charge in [-0.25, -0.2) is 0 Å². The van der Waals surface area contributed by atoms with Crippen LogP contribution in [0, 0.1) is 0 Å². The van der Waals surface area contributed by atoms with E-state index in [9.17, 15) is 0 Å². The van der Waals surface area contributed by atoms with Crippen molar-refractivity contribution in [3.63, 3.8) is 0 Å². The van der Waals surface area contributed by atoms with Crippen LogP contribution in [-0.4, -0.2) is 16.1 Å². The molecular formula is C20H22Cl3N3. The van der Waals surface area contributed by atoms with Crippen LogP contribution in [0.15, 0.2) is 52.7 Å². The molecule has 1 fully saturated rings. The zero-order valence-electron chi connectivity index (χ0n) is 15.5. The van der Waals surface area contributed by atoms with Crippen LogP contribution in [0.3, 0.4) is 0 Å². The predicted octanol–water partition coefficient (Wildman–Crippen LogP) is 7.48. The summed E-state index contributed by atoms with van der Waals surface area (Å²) in [5.41, 5.74) is 0.956. The van der Waals surface area contributed by atoms with Gasteiger partial charge in [-0.15, -0.1) is 0 Å². The van der Waals surface area contributed by atoms with Crippen LogP contribution >= 0.6 is 34.8 Å². The van der Waals surface area contributed by atoms with Crippen molar-refractivity contribution >= 4 is 40.5 Å². The third-order valence-electron chi connectivity index (χ3n) is 5.41. The highest BCUT2D eigenvalue weighted by molar-refractivity contribution is 6.41. The highest BCUT2D eigenvalue weighted by Crippen LogP contribution is 2.62. The second-order valence-corrected chi connectivity index (χ2v) is 9.00. The third-order valence-corrected chi connectivity index (χ3v) is 6.20. The molecule has 0 aliphatic carbocycles. The Kier molecular flexibility index (Phi) is 4.90. The molecule has 0 N–H and O–H groups in total. The Hall–Kier alpha value is -1.13. The molecule has 2 aromatic carbocycles. The molecule has 2 aromatic rings. The molecule has 3 rings (SSSR count). The highest BCUT2D eigenvalue weighted by atomic mass is 35.5. The number of benzene rings is 2. The maximum Gasteiger partial charge on any atom is 0.130 e. The summed E-state index contributed by atoms with van der Waals surface area (Å²) in [6, 6.07) is 13.7. The predicted molar refractivity (Wildman–Crippen MR) is 110 cm³/mol. The van der Waals surface area contributed by atoms with E-state index >= 15 is 0 Å². The van der Waals surface area contributed by atoms with E-state index < -0.39 is 5.66 Å². The minimum Gasteiger partial charge on any atom is -0.259 e. The molecule has 3 nitrogen and oxygen atoms in total. The summed E-state index contributed by atoms with van der Waals surface area (Å²) in [4.78, 5) is 2.35. The van der Waals surface area contributed by atoms with Gasteiger partial charge in [-0.3, -0.25) is 4.90 Å². The Labute approximate surface area is 170 Å². The van der Waals surface area contributed by atoms with Crippen LogP contribution in [0.1, 0.15) is 40.2 Å². The summed E-state index contributed by atoms with van der Waals surface area (Å²) < 4.78 is 0. The van der Waals surface area contributed by atoms with Crippen molar-refractivity contribution in [1.29, 1.82) is 0 Å². The van der Waals surface area contributed by atoms with Gasteiger partial charge in [-0.05, 0) is 52.3 Å². The van der Waals surface area contributed by atoms with Crippen molar-refractivity contribution < 1.29 is 0 Å². The first-order valence-electron chi connectivity index (χ1n) is 8.45. The molecule has 6 heteroatoms. The van der Waals surface area contributed by atoms with Gasteiger partial charge in [-0.2, -0.15) is 10.2 Å². The second-order valence-electron chi connectivity index (χ2n) is 7.75. The lowest BCUT2D eigenvalue weighted by Crippen LogP contribution is -2.33. The molecule has 0 radical (unpaired) electrons. The Bertz CT molecular complexity index is 839. The number of hydrogen-bond donors (Lipinski definition) is 0. The molecule has 0 saturated carbocycles. The Morgan fingerprint density at radius 2 is 1.46 bits per heavy atom. The number of rotatable bonds is 4. The average molecular weight is 411 g/mol. The maximum atomic E-state index is 6.23. The number of hydrogen-bond acceptors (Lipinski definition) is 3. The summed E-state index contributed by atoms with van der Waals surface area (Å²) in [5, 5.41) is 10.2. The fraction of sp³-hybridized carbons (Fsp3) is 0.400. The van der Waals surface area contributed by atoms with E-state index in [0.29, 0.717) is 20.8 Å². The molecule has 0 spiro atoms. The van der Waals surface area contributed by atoms with Gasteiger partial charge in [0.2, 0.25) is 0 Å². The topological polar surface area (TPSA) is 27.7 Å². The van der Waals surface area contributed by atoms with Crippen molar-refractivity contribution in [2.75, 3.05) is 0 Å². The SMILES string of the molecule is CC(C)(N=Nc1c(Cl)cc(Cl)cc1Cl)N1C(C)(C)C1(C)c1ccccc1. The minimum absolute atomic E-state index is 0.0650. The lowest BCUT2D eigenvalue weighted by molar-refractivity contribution is 0.206. The van der Waals surface area contributed by atoms with E-state index in [1.807, 2.05) is 19.9 Å². The molecule has 0 amide bonds. The zero-order valence-corrected chi connectivity index (χ0v) is 17.8. The van der Waals surface area contributed by atoms with Crippen LogP contribution < -0.4 is 0 Å². The van der Waals surface area contributed by atoms with E-state index in [1.165, 1.54) is 5.56 Å². The Morgan fingerprint density at radius 3 is 2.00 bits per heavy atom. The molecule has 1 aliphatic rings. The molecule has 1 heterocycles. The molecule has 2 atom stereocenters. The fourth-order valence-corrected chi connectivity index (χ4v) is 4.97. The number of halogens is 3. The van der Waals surface area contributed by atoms with Crippen molar-refractivity contribution in [3.05, 3.63) is 63.1 Å². The van der Waals surface area contributed by atoms with Gasteiger partial charge < -0.3 is 0 Å². The summed E-state index contributed by atoms with van der Waals surface area (Å²) in [7, 11) is 0. The van der Waals surface area contributed by atoms with E-state index in [4.69, 9.17) is 34.8 Å². The molecule has 1 saturated heterocycles. The first-order valence-corrected chi connectivity index (χ1v) is 9.58. The average Bonchev–Trinajstić information content (AvgIpc) is 3.02. The molecule has 138 valence electrons. The van der Waals surface area contributed by atoms with Crippen molar-refractivity contribution in [1.82, 2.24) is 4.90 Å². The zero-order chi connectivity index (χ0) is 19.3. The molecule has 1 aliphatic heterocycles.